The molecule has 9 aromatic carbocycles. The van der Waals surface area contributed by atoms with Crippen LogP contribution in [-0.2, 0) is 0 Å². The lowest BCUT2D eigenvalue weighted by Gasteiger charge is -2.29. The number of hydrogen-bond donors (Lipinski definition) is 0. The van der Waals surface area contributed by atoms with Gasteiger partial charge in [0.2, 0.25) is 0 Å². The molecule has 0 fully saturated rings. The van der Waals surface area contributed by atoms with Crippen LogP contribution in [0.5, 0.6) is 0 Å². The topological polar surface area (TPSA) is 3.24 Å². The van der Waals surface area contributed by atoms with Gasteiger partial charge in [0, 0.05) is 16.6 Å². The number of anilines is 3. The molecule has 0 atom stereocenters. The summed E-state index contributed by atoms with van der Waals surface area (Å²) in [5.74, 6) is 0. The van der Waals surface area contributed by atoms with Crippen molar-refractivity contribution in [2.45, 2.75) is 0 Å². The van der Waals surface area contributed by atoms with Crippen LogP contribution in [-0.4, -0.2) is 0 Å². The summed E-state index contributed by atoms with van der Waals surface area (Å²) in [4.78, 5) is 2.44. The van der Waals surface area contributed by atoms with Crippen LogP contribution in [0, 0.1) is 0 Å². The average Bonchev–Trinajstić information content (AvgIpc) is 3.21. The molecule has 0 unspecified atom stereocenters. The zero-order valence-corrected chi connectivity index (χ0v) is 28.2. The normalized spacial score (nSPS) is 11.1. The molecule has 0 heterocycles. The Kier molecular flexibility index (Phi) is 7.92. The highest BCUT2D eigenvalue weighted by molar-refractivity contribution is 6.02. The number of nitrogens with zero attached hydrogens (tertiary/aromatic N) is 1. The molecule has 0 aliphatic rings. The summed E-state index contributed by atoms with van der Waals surface area (Å²) in [5.41, 5.74) is 12.9. The highest BCUT2D eigenvalue weighted by Crippen LogP contribution is 2.45. The first-order valence-corrected chi connectivity index (χ1v) is 17.5. The van der Waals surface area contributed by atoms with Crippen molar-refractivity contribution < 1.29 is 0 Å². The number of benzene rings is 9. The summed E-state index contributed by atoms with van der Waals surface area (Å²) in [5, 5.41) is 4.93. The molecular formula is C50H35N. The van der Waals surface area contributed by atoms with E-state index in [9.17, 15) is 0 Å². The Morgan fingerprint density at radius 1 is 0.255 bits per heavy atom. The molecule has 0 aliphatic heterocycles. The fraction of sp³-hybridized carbons (Fsp3) is 0. The van der Waals surface area contributed by atoms with E-state index in [1.807, 2.05) is 0 Å². The monoisotopic (exact) mass is 649 g/mol. The lowest BCUT2D eigenvalue weighted by molar-refractivity contribution is 1.30. The van der Waals surface area contributed by atoms with E-state index < -0.39 is 0 Å². The van der Waals surface area contributed by atoms with Gasteiger partial charge in [0.05, 0.1) is 11.4 Å². The van der Waals surface area contributed by atoms with Crippen LogP contribution in [0.1, 0.15) is 0 Å². The third-order valence-electron chi connectivity index (χ3n) is 9.83. The molecule has 0 aliphatic carbocycles. The standard InChI is InChI=1S/C50H35N/c1-2-15-36(16-3-1)39-21-10-25-43(33-39)48-29-8-9-31-49(48)51(50-32-14-20-38-18-5-7-28-47(38)50)44-26-12-23-41(35-44)40-22-11-24-42(34-40)46-30-13-19-37-17-4-6-27-45(37)46/h1-35H. The van der Waals surface area contributed by atoms with Gasteiger partial charge in [-0.1, -0.05) is 176 Å². The third kappa shape index (κ3) is 5.86. The number of hydrogen-bond acceptors (Lipinski definition) is 1. The van der Waals surface area contributed by atoms with Gasteiger partial charge in [-0.3, -0.25) is 0 Å². The van der Waals surface area contributed by atoms with Crippen molar-refractivity contribution in [3.63, 3.8) is 0 Å². The van der Waals surface area contributed by atoms with Crippen LogP contribution in [0.15, 0.2) is 212 Å². The maximum atomic E-state index is 2.44. The number of fused-ring (bicyclic) bond motifs is 2. The van der Waals surface area contributed by atoms with Gasteiger partial charge >= 0.3 is 0 Å². The highest BCUT2D eigenvalue weighted by Gasteiger charge is 2.20. The van der Waals surface area contributed by atoms with Crippen LogP contribution in [0.25, 0.3) is 66.1 Å². The van der Waals surface area contributed by atoms with Crippen molar-refractivity contribution in [1.29, 1.82) is 0 Å². The largest absolute Gasteiger partial charge is 0.309 e. The molecule has 0 amide bonds. The average molecular weight is 650 g/mol. The van der Waals surface area contributed by atoms with E-state index in [1.165, 1.54) is 66.1 Å². The smallest absolute Gasteiger partial charge is 0.0540 e. The van der Waals surface area contributed by atoms with Gasteiger partial charge in [-0.05, 0) is 91.5 Å². The van der Waals surface area contributed by atoms with Crippen molar-refractivity contribution in [2.24, 2.45) is 0 Å². The molecule has 0 saturated carbocycles. The minimum Gasteiger partial charge on any atom is -0.309 e. The van der Waals surface area contributed by atoms with E-state index >= 15 is 0 Å². The van der Waals surface area contributed by atoms with Crippen molar-refractivity contribution in [2.75, 3.05) is 4.90 Å². The van der Waals surface area contributed by atoms with E-state index in [4.69, 9.17) is 0 Å². The lowest BCUT2D eigenvalue weighted by Crippen LogP contribution is -2.12. The summed E-state index contributed by atoms with van der Waals surface area (Å²) in [6.07, 6.45) is 0. The predicted octanol–water partition coefficient (Wildman–Crippen LogP) is 14.1. The van der Waals surface area contributed by atoms with E-state index in [0.29, 0.717) is 0 Å². The van der Waals surface area contributed by atoms with Crippen molar-refractivity contribution in [3.8, 4) is 44.5 Å². The maximum absolute atomic E-state index is 2.44. The second-order valence-electron chi connectivity index (χ2n) is 13.0. The Bertz CT molecular complexity index is 2640. The van der Waals surface area contributed by atoms with Gasteiger partial charge in [-0.2, -0.15) is 0 Å². The molecule has 1 heteroatoms. The number of para-hydroxylation sites is 1. The third-order valence-corrected chi connectivity index (χ3v) is 9.83. The van der Waals surface area contributed by atoms with Crippen LogP contribution < -0.4 is 4.90 Å². The molecule has 9 aromatic rings. The van der Waals surface area contributed by atoms with Crippen LogP contribution >= 0.6 is 0 Å². The fourth-order valence-corrected chi connectivity index (χ4v) is 7.39. The van der Waals surface area contributed by atoms with E-state index in [0.717, 1.165) is 17.1 Å². The van der Waals surface area contributed by atoms with Gasteiger partial charge in [-0.15, -0.1) is 0 Å². The Balaban J connectivity index is 1.21. The second kappa shape index (κ2) is 13.3. The molecular weight excluding hydrogens is 615 g/mol. The summed E-state index contributed by atoms with van der Waals surface area (Å²) in [6, 6.07) is 76.7. The van der Waals surface area contributed by atoms with Gasteiger partial charge in [0.25, 0.3) is 0 Å². The molecule has 0 aromatic heterocycles. The lowest BCUT2D eigenvalue weighted by atomic mass is 9.94. The molecule has 0 spiro atoms. The first kappa shape index (κ1) is 30.4. The van der Waals surface area contributed by atoms with E-state index in [-0.39, 0.29) is 0 Å². The van der Waals surface area contributed by atoms with Gasteiger partial charge in [0.1, 0.15) is 0 Å². The molecule has 9 rings (SSSR count). The van der Waals surface area contributed by atoms with Crippen LogP contribution in [0.2, 0.25) is 0 Å². The van der Waals surface area contributed by atoms with Crippen LogP contribution in [0.3, 0.4) is 0 Å². The van der Waals surface area contributed by atoms with Crippen molar-refractivity contribution in [3.05, 3.63) is 212 Å². The molecule has 0 bridgehead atoms. The maximum Gasteiger partial charge on any atom is 0.0540 e. The van der Waals surface area contributed by atoms with E-state index in [1.54, 1.807) is 0 Å². The minimum absolute atomic E-state index is 1.10. The Morgan fingerprint density at radius 2 is 0.706 bits per heavy atom. The second-order valence-corrected chi connectivity index (χ2v) is 13.0. The SMILES string of the molecule is c1ccc(-c2cccc(-c3ccccc3N(c3cccc(-c4cccc(-c5cccc6ccccc56)c4)c3)c3cccc4ccccc34)c2)cc1. The molecule has 51 heavy (non-hydrogen) atoms. The molecule has 1 nitrogen and oxygen atoms in total. The van der Waals surface area contributed by atoms with Crippen molar-refractivity contribution in [1.82, 2.24) is 0 Å². The Hall–Kier alpha value is -6.70. The van der Waals surface area contributed by atoms with Gasteiger partial charge in [0.15, 0.2) is 0 Å². The summed E-state index contributed by atoms with van der Waals surface area (Å²) in [6.45, 7) is 0. The Morgan fingerprint density at radius 3 is 1.49 bits per heavy atom. The fourth-order valence-electron chi connectivity index (χ4n) is 7.39. The van der Waals surface area contributed by atoms with Crippen molar-refractivity contribution >= 4 is 38.6 Å². The number of rotatable bonds is 7. The summed E-state index contributed by atoms with van der Waals surface area (Å²) < 4.78 is 0. The predicted molar refractivity (Wildman–Crippen MR) is 218 cm³/mol. The summed E-state index contributed by atoms with van der Waals surface area (Å²) in [7, 11) is 0. The minimum atomic E-state index is 1.10. The Labute approximate surface area is 299 Å². The van der Waals surface area contributed by atoms with Gasteiger partial charge in [-0.25, -0.2) is 0 Å². The molecule has 0 saturated heterocycles. The first-order chi connectivity index (χ1) is 25.3. The highest BCUT2D eigenvalue weighted by atomic mass is 15.1. The summed E-state index contributed by atoms with van der Waals surface area (Å²) >= 11 is 0. The zero-order valence-electron chi connectivity index (χ0n) is 28.2. The molecule has 0 N–H and O–H groups in total. The molecule has 0 radical (unpaired) electrons. The molecule has 240 valence electrons. The van der Waals surface area contributed by atoms with E-state index in [2.05, 4.69) is 217 Å². The quantitative estimate of drug-likeness (QED) is 0.166. The first-order valence-electron chi connectivity index (χ1n) is 17.5. The van der Waals surface area contributed by atoms with Crippen LogP contribution in [0.4, 0.5) is 17.1 Å². The zero-order chi connectivity index (χ0) is 34.0. The van der Waals surface area contributed by atoms with Gasteiger partial charge < -0.3 is 4.90 Å².